The first-order valence-electron chi connectivity index (χ1n) is 10.0. The van der Waals surface area contributed by atoms with Gasteiger partial charge >= 0.3 is 12.1 Å². The molecule has 0 radical (unpaired) electrons. The van der Waals surface area contributed by atoms with Gasteiger partial charge in [0.05, 0.1) is 6.61 Å². The minimum absolute atomic E-state index is 0.152. The Morgan fingerprint density at radius 1 is 0.933 bits per heavy atom. The monoisotopic (exact) mass is 403 g/mol. The molecule has 5 nitrogen and oxygen atoms in total. The number of aromatic nitrogens is 1. The highest BCUT2D eigenvalue weighted by Crippen LogP contribution is 2.25. The summed E-state index contributed by atoms with van der Waals surface area (Å²) in [5.41, 5.74) is 5.52. The lowest BCUT2D eigenvalue weighted by Crippen LogP contribution is -2.11. The van der Waals surface area contributed by atoms with E-state index >= 15 is 0 Å². The van der Waals surface area contributed by atoms with Crippen molar-refractivity contribution in [3.05, 3.63) is 89.8 Å². The van der Waals surface area contributed by atoms with Crippen LogP contribution in [0.1, 0.15) is 30.8 Å². The van der Waals surface area contributed by atoms with Crippen molar-refractivity contribution in [2.24, 2.45) is 0 Å². The van der Waals surface area contributed by atoms with E-state index in [0.717, 1.165) is 23.4 Å². The van der Waals surface area contributed by atoms with Crippen LogP contribution in [0.4, 0.5) is 4.79 Å². The Labute approximate surface area is 176 Å². The van der Waals surface area contributed by atoms with E-state index in [1.807, 2.05) is 42.5 Å². The Balaban J connectivity index is 1.86. The van der Waals surface area contributed by atoms with Gasteiger partial charge in [-0.15, -0.1) is 0 Å². The molecule has 1 aromatic heterocycles. The molecule has 30 heavy (non-hydrogen) atoms. The van der Waals surface area contributed by atoms with Crippen LogP contribution in [0.5, 0.6) is 0 Å². The molecule has 0 spiro atoms. The van der Waals surface area contributed by atoms with Crippen LogP contribution in [-0.4, -0.2) is 23.3 Å². The van der Waals surface area contributed by atoms with Crippen LogP contribution < -0.4 is 0 Å². The van der Waals surface area contributed by atoms with E-state index in [2.05, 4.69) is 45.2 Å². The van der Waals surface area contributed by atoms with Crippen molar-refractivity contribution in [2.75, 3.05) is 6.61 Å². The van der Waals surface area contributed by atoms with Gasteiger partial charge in [0.15, 0.2) is 0 Å². The van der Waals surface area contributed by atoms with E-state index in [4.69, 9.17) is 0 Å². The minimum Gasteiger partial charge on any atom is -0.434 e. The summed E-state index contributed by atoms with van der Waals surface area (Å²) in [5.74, 6) is -0.760. The van der Waals surface area contributed by atoms with Crippen LogP contribution in [-0.2, 0) is 27.2 Å². The van der Waals surface area contributed by atoms with Gasteiger partial charge in [-0.25, -0.2) is 9.59 Å². The lowest BCUT2D eigenvalue weighted by molar-refractivity contribution is -0.134. The zero-order chi connectivity index (χ0) is 21.3. The van der Waals surface area contributed by atoms with Crippen molar-refractivity contribution in [1.29, 1.82) is 0 Å². The fourth-order valence-corrected chi connectivity index (χ4v) is 3.32. The highest BCUT2D eigenvalue weighted by Gasteiger charge is 2.11. The van der Waals surface area contributed by atoms with E-state index in [-0.39, 0.29) is 6.61 Å². The number of rotatable bonds is 7. The first-order chi connectivity index (χ1) is 14.6. The number of hydrogen-bond donors (Lipinski definition) is 0. The lowest BCUT2D eigenvalue weighted by Gasteiger charge is -2.15. The maximum Gasteiger partial charge on any atom is 0.516 e. The third-order valence-electron chi connectivity index (χ3n) is 4.73. The Morgan fingerprint density at radius 3 is 2.40 bits per heavy atom. The van der Waals surface area contributed by atoms with Gasteiger partial charge in [0.25, 0.3) is 0 Å². The van der Waals surface area contributed by atoms with Crippen molar-refractivity contribution in [3.63, 3.8) is 0 Å². The third kappa shape index (κ3) is 5.26. The summed E-state index contributed by atoms with van der Waals surface area (Å²) in [6.45, 7) is 4.55. The number of ether oxygens (including phenoxy) is 2. The molecule has 0 atom stereocenters. The number of aryl methyl sites for hydroxylation is 1. The Hall–Kier alpha value is -3.60. The zero-order valence-corrected chi connectivity index (χ0v) is 17.2. The maximum atomic E-state index is 11.9. The Morgan fingerprint density at radius 2 is 1.67 bits per heavy atom. The Bertz CT molecular complexity index is 1030. The highest BCUT2D eigenvalue weighted by atomic mass is 16.7. The van der Waals surface area contributed by atoms with E-state index in [1.54, 1.807) is 13.0 Å². The third-order valence-corrected chi connectivity index (χ3v) is 4.73. The molecule has 3 rings (SSSR count). The van der Waals surface area contributed by atoms with Crippen LogP contribution in [0.15, 0.2) is 72.8 Å². The van der Waals surface area contributed by atoms with E-state index in [1.165, 1.54) is 17.2 Å². The van der Waals surface area contributed by atoms with Crippen molar-refractivity contribution in [3.8, 4) is 11.1 Å². The van der Waals surface area contributed by atoms with Crippen molar-refractivity contribution < 1.29 is 19.1 Å². The molecule has 3 aromatic rings. The zero-order valence-electron chi connectivity index (χ0n) is 17.2. The Kier molecular flexibility index (Phi) is 7.22. The molecule has 0 saturated heterocycles. The van der Waals surface area contributed by atoms with Gasteiger partial charge < -0.3 is 14.0 Å². The van der Waals surface area contributed by atoms with Crippen molar-refractivity contribution in [1.82, 2.24) is 4.57 Å². The fourth-order valence-electron chi connectivity index (χ4n) is 3.32. The van der Waals surface area contributed by atoms with Crippen LogP contribution in [0.3, 0.4) is 0 Å². The largest absolute Gasteiger partial charge is 0.516 e. The molecule has 0 N–H and O–H groups in total. The van der Waals surface area contributed by atoms with Crippen molar-refractivity contribution >= 4 is 18.2 Å². The molecular formula is C25H25NO4. The molecule has 0 amide bonds. The van der Waals surface area contributed by atoms with Gasteiger partial charge in [-0.05, 0) is 48.2 Å². The fraction of sp³-hybridized carbons (Fsp3) is 0.200. The summed E-state index contributed by atoms with van der Waals surface area (Å²) in [6.07, 6.45) is 2.76. The average Bonchev–Trinajstić information content (AvgIpc) is 3.15. The molecule has 0 unspecified atom stereocenters. The second-order valence-electron chi connectivity index (χ2n) is 6.65. The minimum atomic E-state index is -0.992. The molecule has 0 fully saturated rings. The summed E-state index contributed by atoms with van der Waals surface area (Å²) in [6, 6.07) is 22.6. The normalized spacial score (nSPS) is 10.9. The molecule has 0 aliphatic heterocycles. The summed E-state index contributed by atoms with van der Waals surface area (Å²) in [4.78, 5) is 23.2. The number of nitrogens with zero attached hydrogens (tertiary/aromatic N) is 1. The molecule has 154 valence electrons. The SMILES string of the molecule is CCOC(=O)OC(=O)/C=C/c1ccc(CC)n1Cc1ccccc1-c1ccccc1. The number of hydrogen-bond acceptors (Lipinski definition) is 4. The summed E-state index contributed by atoms with van der Waals surface area (Å²) in [7, 11) is 0. The van der Waals surface area contributed by atoms with Gasteiger partial charge in [0.1, 0.15) is 0 Å². The average molecular weight is 403 g/mol. The number of benzene rings is 2. The van der Waals surface area contributed by atoms with Crippen LogP contribution in [0.2, 0.25) is 0 Å². The van der Waals surface area contributed by atoms with Gasteiger partial charge in [0, 0.05) is 24.0 Å². The first-order valence-corrected chi connectivity index (χ1v) is 10.0. The standard InChI is InChI=1S/C25H25NO4/c1-3-21-14-15-22(16-17-24(27)30-25(28)29-4-2)26(21)18-20-12-8-9-13-23(20)19-10-6-5-7-11-19/h5-17H,3-4,18H2,1-2H3/b17-16+. The quantitative estimate of drug-likeness (QED) is 0.298. The second kappa shape index (κ2) is 10.3. The van der Waals surface area contributed by atoms with Crippen molar-refractivity contribution in [2.45, 2.75) is 26.8 Å². The van der Waals surface area contributed by atoms with Gasteiger partial charge in [-0.1, -0.05) is 61.5 Å². The smallest absolute Gasteiger partial charge is 0.434 e. The predicted molar refractivity (Wildman–Crippen MR) is 117 cm³/mol. The van der Waals surface area contributed by atoms with Crippen LogP contribution >= 0.6 is 0 Å². The number of carbonyl (C=O) groups excluding carboxylic acids is 2. The number of esters is 1. The second-order valence-corrected chi connectivity index (χ2v) is 6.65. The van der Waals surface area contributed by atoms with E-state index in [0.29, 0.717) is 6.54 Å². The molecule has 0 bridgehead atoms. The molecular weight excluding hydrogens is 378 g/mol. The molecule has 0 aliphatic carbocycles. The van der Waals surface area contributed by atoms with E-state index in [9.17, 15) is 9.59 Å². The van der Waals surface area contributed by atoms with Crippen LogP contribution in [0.25, 0.3) is 17.2 Å². The highest BCUT2D eigenvalue weighted by molar-refractivity contribution is 5.93. The first kappa shape index (κ1) is 21.1. The van der Waals surface area contributed by atoms with Gasteiger partial charge in [0.2, 0.25) is 0 Å². The summed E-state index contributed by atoms with van der Waals surface area (Å²) in [5, 5.41) is 0. The molecule has 1 heterocycles. The molecule has 0 aliphatic rings. The summed E-state index contributed by atoms with van der Waals surface area (Å²) >= 11 is 0. The molecule has 0 saturated carbocycles. The molecule has 5 heteroatoms. The number of carbonyl (C=O) groups is 2. The topological polar surface area (TPSA) is 57.5 Å². The summed E-state index contributed by atoms with van der Waals surface area (Å²) < 4.78 is 11.4. The lowest BCUT2D eigenvalue weighted by atomic mass is 9.99. The van der Waals surface area contributed by atoms with Gasteiger partial charge in [-0.3, -0.25) is 0 Å². The maximum absolute atomic E-state index is 11.9. The van der Waals surface area contributed by atoms with Crippen LogP contribution in [0, 0.1) is 0 Å². The van der Waals surface area contributed by atoms with E-state index < -0.39 is 12.1 Å². The van der Waals surface area contributed by atoms with Gasteiger partial charge in [-0.2, -0.15) is 0 Å². The predicted octanol–water partition coefficient (Wildman–Crippen LogP) is 5.48. The molecule has 2 aromatic carbocycles.